The molecule has 0 aliphatic carbocycles. The lowest BCUT2D eigenvalue weighted by molar-refractivity contribution is -0.175. The molecule has 0 spiro atoms. The molecule has 56 heavy (non-hydrogen) atoms. The molecule has 1 aliphatic rings. The van der Waals surface area contributed by atoms with Crippen LogP contribution in [0.2, 0.25) is 0 Å². The Hall–Kier alpha value is -1.67. The highest BCUT2D eigenvalue weighted by molar-refractivity contribution is 5.71. The van der Waals surface area contributed by atoms with Gasteiger partial charge < -0.3 is 24.1 Å². The Balaban J connectivity index is 2.54. The van der Waals surface area contributed by atoms with Crippen LogP contribution in [0.5, 0.6) is 0 Å². The number of rotatable bonds is 41. The normalized spacial score (nSPS) is 17.2. The van der Waals surface area contributed by atoms with Gasteiger partial charge in [-0.3, -0.25) is 14.4 Å². The van der Waals surface area contributed by atoms with Crippen LogP contribution < -0.4 is 0 Å². The molecule has 8 heteroatoms. The van der Waals surface area contributed by atoms with Crippen molar-refractivity contribution < 1.29 is 38.4 Å². The van der Waals surface area contributed by atoms with Crippen LogP contribution in [0.4, 0.5) is 0 Å². The zero-order valence-electron chi connectivity index (χ0n) is 37.0. The summed E-state index contributed by atoms with van der Waals surface area (Å²) >= 11 is 0. The third-order valence-corrected chi connectivity index (χ3v) is 11.5. The minimum absolute atomic E-state index is 0.0255. The summed E-state index contributed by atoms with van der Waals surface area (Å²) in [6, 6.07) is 0. The van der Waals surface area contributed by atoms with E-state index in [0.29, 0.717) is 6.42 Å². The number of aliphatic hydroxyl groups excluding tert-OH is 1. The largest absolute Gasteiger partial charge is 0.457 e. The lowest BCUT2D eigenvalue weighted by Gasteiger charge is -2.28. The predicted octanol–water partition coefficient (Wildman–Crippen LogP) is 13.2. The van der Waals surface area contributed by atoms with Gasteiger partial charge in [0.1, 0.15) is 6.10 Å². The van der Waals surface area contributed by atoms with E-state index >= 15 is 0 Å². The van der Waals surface area contributed by atoms with Gasteiger partial charge in [-0.25, -0.2) is 0 Å². The van der Waals surface area contributed by atoms with Crippen LogP contribution in [0.1, 0.15) is 252 Å². The molecule has 1 fully saturated rings. The first-order chi connectivity index (χ1) is 27.5. The quantitative estimate of drug-likeness (QED) is 0.0370. The van der Waals surface area contributed by atoms with Gasteiger partial charge in [-0.1, -0.05) is 213 Å². The Morgan fingerprint density at radius 3 is 1.11 bits per heavy atom. The zero-order chi connectivity index (χ0) is 40.7. The van der Waals surface area contributed by atoms with Crippen molar-refractivity contribution in [2.75, 3.05) is 13.2 Å². The summed E-state index contributed by atoms with van der Waals surface area (Å²) in [5.41, 5.74) is 0. The molecule has 1 rings (SSSR count). The highest BCUT2D eigenvalue weighted by atomic mass is 16.6. The first-order valence-electron chi connectivity index (χ1n) is 24.3. The summed E-state index contributed by atoms with van der Waals surface area (Å²) in [5.74, 6) is -1.11. The van der Waals surface area contributed by atoms with E-state index in [-0.39, 0.29) is 31.4 Å². The van der Waals surface area contributed by atoms with Crippen LogP contribution in [0.15, 0.2) is 0 Å². The fourth-order valence-corrected chi connectivity index (χ4v) is 7.85. The third-order valence-electron chi connectivity index (χ3n) is 11.5. The summed E-state index contributed by atoms with van der Waals surface area (Å²) in [4.78, 5) is 38.9. The Morgan fingerprint density at radius 1 is 0.464 bits per heavy atom. The van der Waals surface area contributed by atoms with Gasteiger partial charge in [-0.05, 0) is 19.3 Å². The second kappa shape index (κ2) is 38.8. The van der Waals surface area contributed by atoms with Crippen molar-refractivity contribution in [3.8, 4) is 0 Å². The summed E-state index contributed by atoms with van der Waals surface area (Å²) in [5, 5.41) is 10.3. The molecule has 0 bridgehead atoms. The number of aliphatic hydroxyl groups is 1. The molecule has 1 aliphatic heterocycles. The Bertz CT molecular complexity index is 910. The van der Waals surface area contributed by atoms with E-state index in [2.05, 4.69) is 20.8 Å². The minimum atomic E-state index is -1.01. The monoisotopic (exact) mass is 795 g/mol. The number of hydrogen-bond donors (Lipinski definition) is 1. The molecule has 0 radical (unpaired) electrons. The van der Waals surface area contributed by atoms with Gasteiger partial charge in [0.05, 0.1) is 13.2 Å². The zero-order valence-corrected chi connectivity index (χ0v) is 37.0. The summed E-state index contributed by atoms with van der Waals surface area (Å²) in [6.45, 7) is 6.29. The molecule has 1 heterocycles. The molecule has 1 saturated heterocycles. The summed E-state index contributed by atoms with van der Waals surface area (Å²) < 4.78 is 23.5. The maximum absolute atomic E-state index is 13.1. The number of ether oxygens (including phenoxy) is 4. The van der Waals surface area contributed by atoms with Crippen molar-refractivity contribution in [1.29, 1.82) is 0 Å². The van der Waals surface area contributed by atoms with Crippen molar-refractivity contribution in [1.82, 2.24) is 0 Å². The Morgan fingerprint density at radius 2 is 0.768 bits per heavy atom. The number of esters is 3. The molecule has 0 aromatic rings. The number of carbonyl (C=O) groups is 3. The van der Waals surface area contributed by atoms with E-state index in [1.165, 1.54) is 154 Å². The van der Waals surface area contributed by atoms with Gasteiger partial charge in [-0.15, -0.1) is 0 Å². The van der Waals surface area contributed by atoms with Crippen LogP contribution >= 0.6 is 0 Å². The minimum Gasteiger partial charge on any atom is -0.457 e. The molecule has 0 aromatic carbocycles. The van der Waals surface area contributed by atoms with E-state index in [1.54, 1.807) is 0 Å². The molecule has 0 amide bonds. The van der Waals surface area contributed by atoms with Crippen molar-refractivity contribution >= 4 is 17.9 Å². The second-order valence-corrected chi connectivity index (χ2v) is 16.8. The molecule has 330 valence electrons. The number of unbranched alkanes of at least 4 members (excludes halogenated alkanes) is 30. The van der Waals surface area contributed by atoms with Crippen molar-refractivity contribution in [2.24, 2.45) is 0 Å². The highest BCUT2D eigenvalue weighted by Crippen LogP contribution is 2.27. The van der Waals surface area contributed by atoms with E-state index in [4.69, 9.17) is 18.9 Å². The van der Waals surface area contributed by atoms with E-state index < -0.39 is 37.0 Å². The molecule has 0 saturated carbocycles. The predicted molar refractivity (Wildman–Crippen MR) is 230 cm³/mol. The summed E-state index contributed by atoms with van der Waals surface area (Å²) in [7, 11) is 0. The van der Waals surface area contributed by atoms with Gasteiger partial charge in [0, 0.05) is 19.3 Å². The maximum atomic E-state index is 13.1. The van der Waals surface area contributed by atoms with Gasteiger partial charge in [0.2, 0.25) is 0 Å². The fourth-order valence-electron chi connectivity index (χ4n) is 7.85. The molecular weight excluding hydrogens is 705 g/mol. The van der Waals surface area contributed by atoms with Crippen LogP contribution in [0.25, 0.3) is 0 Å². The Labute approximate surface area is 345 Å². The summed E-state index contributed by atoms with van der Waals surface area (Å²) in [6.07, 6.45) is 36.5. The van der Waals surface area contributed by atoms with Crippen molar-refractivity contribution in [3.63, 3.8) is 0 Å². The Kier molecular flexibility index (Phi) is 36.3. The van der Waals surface area contributed by atoms with E-state index in [0.717, 1.165) is 57.8 Å². The topological polar surface area (TPSA) is 108 Å². The number of hydrogen-bond acceptors (Lipinski definition) is 8. The van der Waals surface area contributed by atoms with Gasteiger partial charge in [-0.2, -0.15) is 0 Å². The molecule has 0 aromatic heterocycles. The van der Waals surface area contributed by atoms with E-state index in [1.807, 2.05) is 0 Å². The van der Waals surface area contributed by atoms with Crippen molar-refractivity contribution in [3.05, 3.63) is 0 Å². The number of carbonyl (C=O) groups excluding carboxylic acids is 3. The molecule has 0 unspecified atom stereocenters. The first-order valence-corrected chi connectivity index (χ1v) is 24.3. The van der Waals surface area contributed by atoms with Crippen LogP contribution in [-0.2, 0) is 33.3 Å². The van der Waals surface area contributed by atoms with Crippen LogP contribution in [0.3, 0.4) is 0 Å². The van der Waals surface area contributed by atoms with Gasteiger partial charge >= 0.3 is 17.9 Å². The average molecular weight is 795 g/mol. The third kappa shape index (κ3) is 29.5. The molecule has 8 nitrogen and oxygen atoms in total. The standard InChI is InChI=1S/C48H90O8/c1-4-7-10-13-16-19-22-25-28-31-34-37-44(50)54-42(40-49)47-48(56-46(52)39-36-33-30-27-24-21-18-15-12-9-6-3)43(41-53-47)55-45(51)38-35-32-29-26-23-20-17-14-11-8-5-2/h42-43,47-49H,4-41H2,1-3H3/t42-,43+,47-,48-/m1/s1. The van der Waals surface area contributed by atoms with Crippen LogP contribution in [0, 0.1) is 0 Å². The fraction of sp³-hybridized carbons (Fsp3) is 0.938. The molecule has 4 atom stereocenters. The van der Waals surface area contributed by atoms with Gasteiger partial charge in [0.25, 0.3) is 0 Å². The molecule has 1 N–H and O–H groups in total. The van der Waals surface area contributed by atoms with Gasteiger partial charge in [0.15, 0.2) is 18.3 Å². The lowest BCUT2D eigenvalue weighted by atomic mass is 10.0. The first kappa shape index (κ1) is 52.3. The van der Waals surface area contributed by atoms with E-state index in [9.17, 15) is 19.5 Å². The van der Waals surface area contributed by atoms with Crippen LogP contribution in [-0.4, -0.2) is 60.6 Å². The maximum Gasteiger partial charge on any atom is 0.306 e. The average Bonchev–Trinajstić information content (AvgIpc) is 3.57. The molecular formula is C48H90O8. The second-order valence-electron chi connectivity index (χ2n) is 16.8. The highest BCUT2D eigenvalue weighted by Gasteiger charge is 2.47. The lowest BCUT2D eigenvalue weighted by Crippen LogP contribution is -2.46. The van der Waals surface area contributed by atoms with Crippen molar-refractivity contribution in [2.45, 2.75) is 276 Å². The SMILES string of the molecule is CCCCCCCCCCCCCC(=O)O[C@H]1[C@@H]([C@@H](CO)OC(=O)CCCCCCCCCCCCC)OC[C@@H]1OC(=O)CCCCCCCCCCCCC. The smallest absolute Gasteiger partial charge is 0.306 e.